The fourth-order valence-electron chi connectivity index (χ4n) is 3.95. The van der Waals surface area contributed by atoms with E-state index in [0.717, 1.165) is 24.1 Å². The standard InChI is InChI=1S/C23H27N5O/c1-18-15-19-7-4-5-10-22(19)28(18)14-12-24-23(29)25-16-20-8-2-3-9-21(20)17-27-13-6-11-26-27/h2-11,13,18H,12,14-17H2,1H3,(H2,24,25,29). The highest BCUT2D eigenvalue weighted by atomic mass is 16.2. The second-order valence-electron chi connectivity index (χ2n) is 7.46. The van der Waals surface area contributed by atoms with Gasteiger partial charge in [0.15, 0.2) is 0 Å². The molecule has 6 heteroatoms. The van der Waals surface area contributed by atoms with Crippen LogP contribution in [-0.2, 0) is 19.5 Å². The highest BCUT2D eigenvalue weighted by Crippen LogP contribution is 2.31. The van der Waals surface area contributed by atoms with Gasteiger partial charge in [0.2, 0.25) is 0 Å². The van der Waals surface area contributed by atoms with Crippen molar-refractivity contribution >= 4 is 11.7 Å². The van der Waals surface area contributed by atoms with Crippen molar-refractivity contribution in [2.45, 2.75) is 32.5 Å². The van der Waals surface area contributed by atoms with Crippen molar-refractivity contribution in [2.75, 3.05) is 18.0 Å². The summed E-state index contributed by atoms with van der Waals surface area (Å²) in [5.41, 5.74) is 4.92. The Kier molecular flexibility index (Phi) is 5.79. The van der Waals surface area contributed by atoms with Gasteiger partial charge in [-0.2, -0.15) is 5.10 Å². The van der Waals surface area contributed by atoms with Crippen LogP contribution in [0.5, 0.6) is 0 Å². The Morgan fingerprint density at radius 2 is 1.86 bits per heavy atom. The number of para-hydroxylation sites is 1. The molecule has 0 radical (unpaired) electrons. The van der Waals surface area contributed by atoms with E-state index in [1.807, 2.05) is 35.1 Å². The summed E-state index contributed by atoms with van der Waals surface area (Å²) in [5.74, 6) is 0. The molecule has 0 saturated heterocycles. The molecular weight excluding hydrogens is 362 g/mol. The maximum atomic E-state index is 12.3. The number of aromatic nitrogens is 2. The average molecular weight is 390 g/mol. The molecule has 1 unspecified atom stereocenters. The van der Waals surface area contributed by atoms with Crippen LogP contribution in [0.1, 0.15) is 23.6 Å². The number of carbonyl (C=O) groups excluding carboxylic acids is 1. The highest BCUT2D eigenvalue weighted by Gasteiger charge is 2.24. The molecule has 1 aliphatic heterocycles. The Morgan fingerprint density at radius 3 is 2.69 bits per heavy atom. The number of benzene rings is 2. The third-order valence-electron chi connectivity index (χ3n) is 5.44. The smallest absolute Gasteiger partial charge is 0.315 e. The second kappa shape index (κ2) is 8.82. The summed E-state index contributed by atoms with van der Waals surface area (Å²) in [4.78, 5) is 14.7. The van der Waals surface area contributed by atoms with Crippen LogP contribution in [0.3, 0.4) is 0 Å². The fraction of sp³-hybridized carbons (Fsp3) is 0.304. The first kappa shape index (κ1) is 19.1. The summed E-state index contributed by atoms with van der Waals surface area (Å²) >= 11 is 0. The SMILES string of the molecule is CC1Cc2ccccc2N1CCNC(=O)NCc1ccccc1Cn1cccn1. The largest absolute Gasteiger partial charge is 0.367 e. The molecule has 1 aromatic heterocycles. The molecule has 0 bridgehead atoms. The molecule has 29 heavy (non-hydrogen) atoms. The number of rotatable bonds is 7. The van der Waals surface area contributed by atoms with Crippen LogP contribution in [0, 0.1) is 0 Å². The van der Waals surface area contributed by atoms with Crippen molar-refractivity contribution in [2.24, 2.45) is 0 Å². The van der Waals surface area contributed by atoms with Gasteiger partial charge in [0.1, 0.15) is 0 Å². The molecule has 2 amide bonds. The van der Waals surface area contributed by atoms with Gasteiger partial charge in [0.05, 0.1) is 6.54 Å². The number of nitrogens with one attached hydrogen (secondary N) is 2. The van der Waals surface area contributed by atoms with Gasteiger partial charge in [-0.05, 0) is 42.2 Å². The molecular formula is C23H27N5O. The summed E-state index contributed by atoms with van der Waals surface area (Å²) in [7, 11) is 0. The Morgan fingerprint density at radius 1 is 1.07 bits per heavy atom. The van der Waals surface area contributed by atoms with Crippen LogP contribution in [0.15, 0.2) is 67.0 Å². The lowest BCUT2D eigenvalue weighted by atomic mass is 10.1. The zero-order chi connectivity index (χ0) is 20.1. The first-order valence-electron chi connectivity index (χ1n) is 10.1. The van der Waals surface area contributed by atoms with Crippen molar-refractivity contribution in [3.8, 4) is 0 Å². The molecule has 2 N–H and O–H groups in total. The summed E-state index contributed by atoms with van der Waals surface area (Å²) in [6.45, 7) is 4.84. The van der Waals surface area contributed by atoms with E-state index in [4.69, 9.17) is 0 Å². The Hall–Kier alpha value is -3.28. The molecule has 2 heterocycles. The Balaban J connectivity index is 1.26. The van der Waals surface area contributed by atoms with E-state index in [-0.39, 0.29) is 6.03 Å². The van der Waals surface area contributed by atoms with E-state index in [9.17, 15) is 4.79 Å². The molecule has 0 aliphatic carbocycles. The fourth-order valence-corrected chi connectivity index (χ4v) is 3.95. The van der Waals surface area contributed by atoms with Gasteiger partial charge in [-0.1, -0.05) is 42.5 Å². The average Bonchev–Trinajstić information content (AvgIpc) is 3.35. The van der Waals surface area contributed by atoms with Gasteiger partial charge in [0.25, 0.3) is 0 Å². The summed E-state index contributed by atoms with van der Waals surface area (Å²) in [5, 5.41) is 10.2. The molecule has 1 atom stereocenters. The first-order chi connectivity index (χ1) is 14.2. The number of urea groups is 1. The van der Waals surface area contributed by atoms with E-state index in [0.29, 0.717) is 25.7 Å². The number of anilines is 1. The molecule has 4 rings (SSSR count). The van der Waals surface area contributed by atoms with Crippen LogP contribution >= 0.6 is 0 Å². The molecule has 0 saturated carbocycles. The minimum atomic E-state index is -0.140. The maximum Gasteiger partial charge on any atom is 0.315 e. The minimum Gasteiger partial charge on any atom is -0.367 e. The number of amides is 2. The van der Waals surface area contributed by atoms with E-state index in [1.165, 1.54) is 11.3 Å². The monoisotopic (exact) mass is 389 g/mol. The summed E-state index contributed by atoms with van der Waals surface area (Å²) in [6.07, 6.45) is 4.78. The zero-order valence-corrected chi connectivity index (χ0v) is 16.7. The predicted octanol–water partition coefficient (Wildman–Crippen LogP) is 3.18. The summed E-state index contributed by atoms with van der Waals surface area (Å²) in [6, 6.07) is 18.9. The quantitative estimate of drug-likeness (QED) is 0.652. The van der Waals surface area contributed by atoms with Crippen molar-refractivity contribution in [1.82, 2.24) is 20.4 Å². The van der Waals surface area contributed by atoms with Gasteiger partial charge in [-0.3, -0.25) is 4.68 Å². The number of hydrogen-bond acceptors (Lipinski definition) is 3. The Bertz CT molecular complexity index is 953. The zero-order valence-electron chi connectivity index (χ0n) is 16.7. The number of nitrogens with zero attached hydrogens (tertiary/aromatic N) is 3. The number of fused-ring (bicyclic) bond motifs is 1. The van der Waals surface area contributed by atoms with Gasteiger partial charge >= 0.3 is 6.03 Å². The molecule has 3 aromatic rings. The number of carbonyl (C=O) groups is 1. The van der Waals surface area contributed by atoms with Crippen molar-refractivity contribution in [3.05, 3.63) is 83.7 Å². The first-order valence-corrected chi connectivity index (χ1v) is 10.1. The van der Waals surface area contributed by atoms with Gasteiger partial charge in [-0.25, -0.2) is 4.79 Å². The summed E-state index contributed by atoms with van der Waals surface area (Å²) < 4.78 is 1.88. The van der Waals surface area contributed by atoms with Crippen molar-refractivity contribution < 1.29 is 4.79 Å². The van der Waals surface area contributed by atoms with Crippen LogP contribution in [0.25, 0.3) is 0 Å². The lowest BCUT2D eigenvalue weighted by molar-refractivity contribution is 0.240. The molecule has 0 spiro atoms. The predicted molar refractivity (Wildman–Crippen MR) is 115 cm³/mol. The van der Waals surface area contributed by atoms with Crippen LogP contribution < -0.4 is 15.5 Å². The molecule has 2 aromatic carbocycles. The van der Waals surface area contributed by atoms with Gasteiger partial charge < -0.3 is 15.5 Å². The van der Waals surface area contributed by atoms with Crippen LogP contribution in [0.2, 0.25) is 0 Å². The third kappa shape index (κ3) is 4.59. The van der Waals surface area contributed by atoms with E-state index in [1.54, 1.807) is 6.20 Å². The second-order valence-corrected chi connectivity index (χ2v) is 7.46. The third-order valence-corrected chi connectivity index (χ3v) is 5.44. The lowest BCUT2D eigenvalue weighted by Crippen LogP contribution is -2.41. The van der Waals surface area contributed by atoms with E-state index in [2.05, 4.69) is 57.9 Å². The molecule has 6 nitrogen and oxygen atoms in total. The normalized spacial score (nSPS) is 15.2. The maximum absolute atomic E-state index is 12.3. The van der Waals surface area contributed by atoms with Crippen molar-refractivity contribution in [3.63, 3.8) is 0 Å². The highest BCUT2D eigenvalue weighted by molar-refractivity contribution is 5.74. The van der Waals surface area contributed by atoms with Crippen molar-refractivity contribution in [1.29, 1.82) is 0 Å². The molecule has 0 fully saturated rings. The van der Waals surface area contributed by atoms with Crippen LogP contribution in [-0.4, -0.2) is 34.9 Å². The lowest BCUT2D eigenvalue weighted by Gasteiger charge is -2.25. The number of hydrogen-bond donors (Lipinski definition) is 2. The minimum absolute atomic E-state index is 0.140. The molecule has 1 aliphatic rings. The molecule has 150 valence electrons. The Labute approximate surface area is 171 Å². The van der Waals surface area contributed by atoms with E-state index < -0.39 is 0 Å². The van der Waals surface area contributed by atoms with Gasteiger partial charge in [0, 0.05) is 43.8 Å². The van der Waals surface area contributed by atoms with Crippen LogP contribution in [0.4, 0.5) is 10.5 Å². The topological polar surface area (TPSA) is 62.2 Å². The van der Waals surface area contributed by atoms with E-state index >= 15 is 0 Å². The van der Waals surface area contributed by atoms with Gasteiger partial charge in [-0.15, -0.1) is 0 Å².